The van der Waals surface area contributed by atoms with Crippen LogP contribution in [0.15, 0.2) is 200 Å². The third kappa shape index (κ3) is 5.73. The van der Waals surface area contributed by atoms with Crippen LogP contribution in [0.2, 0.25) is 0 Å². The number of fused-ring (bicyclic) bond motifs is 9. The Bertz CT molecular complexity index is 3890. The molecular weight excluding hydrogens is 846 g/mol. The van der Waals surface area contributed by atoms with E-state index in [0.29, 0.717) is 23.0 Å². The molecule has 0 spiro atoms. The number of rotatable bonds is 6. The van der Waals surface area contributed by atoms with Crippen molar-refractivity contribution < 1.29 is 0 Å². The number of nitrogens with zero attached hydrogens (tertiary/aromatic N) is 5. The van der Waals surface area contributed by atoms with E-state index in [1.807, 2.05) is 72.8 Å². The van der Waals surface area contributed by atoms with Crippen molar-refractivity contribution in [3.05, 3.63) is 206 Å². The quantitative estimate of drug-likeness (QED) is 0.156. The Hall–Kier alpha value is -8.20. The molecule has 4 heterocycles. The molecule has 0 saturated carbocycles. The zero-order chi connectivity index (χ0) is 42.3. The van der Waals surface area contributed by atoms with Crippen LogP contribution in [0, 0.1) is 11.3 Å². The first-order valence-corrected chi connectivity index (χ1v) is 23.0. The second-order valence-electron chi connectivity index (χ2n) is 16.3. The van der Waals surface area contributed by atoms with Crippen LogP contribution in [0.5, 0.6) is 0 Å². The van der Waals surface area contributed by atoms with Gasteiger partial charge in [0.1, 0.15) is 0 Å². The summed E-state index contributed by atoms with van der Waals surface area (Å²) in [4.78, 5) is 14.9. The van der Waals surface area contributed by atoms with E-state index in [-0.39, 0.29) is 14.5 Å². The summed E-state index contributed by atoms with van der Waals surface area (Å²) in [5, 5.41) is 18.0. The second-order valence-corrected chi connectivity index (χ2v) is 18.4. The average molecular weight is 879 g/mol. The van der Waals surface area contributed by atoms with Gasteiger partial charge in [-0.05, 0) is 0 Å². The summed E-state index contributed by atoms with van der Waals surface area (Å²) in [5.74, 6) is 1.70. The average Bonchev–Trinajstić information content (AvgIpc) is 4.04. The molecule has 64 heavy (non-hydrogen) atoms. The molecule has 0 bridgehead atoms. The van der Waals surface area contributed by atoms with E-state index in [4.69, 9.17) is 15.0 Å². The predicted molar refractivity (Wildman–Crippen MR) is 264 cm³/mol. The minimum atomic E-state index is -0.0127. The molecule has 0 N–H and O–H groups in total. The van der Waals surface area contributed by atoms with Crippen LogP contribution in [0.25, 0.3) is 125 Å². The first-order valence-electron chi connectivity index (χ1n) is 21.3. The number of benzene rings is 9. The Morgan fingerprint density at radius 3 is 1.41 bits per heavy atom. The number of nitriles is 1. The maximum atomic E-state index is 10.4. The summed E-state index contributed by atoms with van der Waals surface area (Å²) in [7, 11) is 0. The van der Waals surface area contributed by atoms with Gasteiger partial charge in [-0.25, -0.2) is 0 Å². The Balaban J connectivity index is 0.948. The van der Waals surface area contributed by atoms with Crippen LogP contribution in [0.4, 0.5) is 0 Å². The summed E-state index contributed by atoms with van der Waals surface area (Å²) in [5.41, 5.74) is 13.9. The standard InChI is InChI=1S/C58H33N5Se/c59-34-35-28-41(31-42(29-35)58-61-56(36-14-3-1-4-15-36)60-57(62-58)37-16-5-2-6-17-37)44-23-13-25-48-47-24-12-22-43(54(47)64-55(44)48)39-19-11-18-38(30-39)40-32-49-45-20-7-9-26-51(45)63-52-27-10-8-21-46(52)50(33-40)53(49)63/h1-33H. The number of hydrogen-bond acceptors (Lipinski definition) is 4. The minimum absolute atomic E-state index is 0.0127. The van der Waals surface area contributed by atoms with Crippen molar-refractivity contribution in [3.63, 3.8) is 0 Å². The molecule has 5 nitrogen and oxygen atoms in total. The molecule has 9 aromatic carbocycles. The van der Waals surface area contributed by atoms with Crippen LogP contribution in [-0.4, -0.2) is 33.9 Å². The SMILES string of the molecule is N#Cc1cc(-c2nc(-c3ccccc3)nc(-c3ccccc3)n2)cc(-c2cccc3c2[se]c2c(-c4cccc(-c5cc6c7ccccc7n7c8ccccc8c(c5)c67)c4)cccc23)c1. The zero-order valence-corrected chi connectivity index (χ0v) is 35.9. The molecule has 0 saturated heterocycles. The first kappa shape index (κ1) is 36.5. The van der Waals surface area contributed by atoms with Crippen LogP contribution in [-0.2, 0) is 0 Å². The molecule has 0 aliphatic carbocycles. The number of hydrogen-bond donors (Lipinski definition) is 0. The van der Waals surface area contributed by atoms with Crippen molar-refractivity contribution in [2.24, 2.45) is 0 Å². The molecule has 6 heteroatoms. The molecule has 0 unspecified atom stereocenters. The molecule has 0 atom stereocenters. The second kappa shape index (κ2) is 14.4. The fourth-order valence-electron chi connectivity index (χ4n) is 9.67. The van der Waals surface area contributed by atoms with E-state index in [1.54, 1.807) is 0 Å². The van der Waals surface area contributed by atoms with Gasteiger partial charge in [0.05, 0.1) is 0 Å². The zero-order valence-electron chi connectivity index (χ0n) is 34.2. The molecule has 296 valence electrons. The monoisotopic (exact) mass is 879 g/mol. The van der Waals surface area contributed by atoms with Gasteiger partial charge >= 0.3 is 376 Å². The molecule has 4 aromatic heterocycles. The van der Waals surface area contributed by atoms with Crippen molar-refractivity contribution in [1.82, 2.24) is 19.4 Å². The topological polar surface area (TPSA) is 66.9 Å². The fourth-order valence-corrected chi connectivity index (χ4v) is 12.5. The van der Waals surface area contributed by atoms with Gasteiger partial charge in [0.15, 0.2) is 0 Å². The summed E-state index contributed by atoms with van der Waals surface area (Å²) in [6.07, 6.45) is 0. The van der Waals surface area contributed by atoms with E-state index in [1.165, 1.54) is 79.6 Å². The third-order valence-corrected chi connectivity index (χ3v) is 15.3. The van der Waals surface area contributed by atoms with Crippen molar-refractivity contribution in [2.45, 2.75) is 0 Å². The van der Waals surface area contributed by atoms with E-state index in [9.17, 15) is 5.26 Å². The summed E-state index contributed by atoms with van der Waals surface area (Å²) < 4.78 is 5.11. The van der Waals surface area contributed by atoms with Gasteiger partial charge in [-0.3, -0.25) is 0 Å². The van der Waals surface area contributed by atoms with E-state index >= 15 is 0 Å². The van der Waals surface area contributed by atoms with Gasteiger partial charge in [-0.15, -0.1) is 0 Å². The summed E-state index contributed by atoms with van der Waals surface area (Å²) in [6, 6.07) is 73.1. The van der Waals surface area contributed by atoms with Gasteiger partial charge in [0.25, 0.3) is 0 Å². The van der Waals surface area contributed by atoms with Crippen molar-refractivity contribution in [3.8, 4) is 73.6 Å². The van der Waals surface area contributed by atoms with Gasteiger partial charge in [-0.1, -0.05) is 0 Å². The normalized spacial score (nSPS) is 11.7. The molecular formula is C58H33N5Se. The van der Waals surface area contributed by atoms with Crippen molar-refractivity contribution in [1.29, 1.82) is 5.26 Å². The van der Waals surface area contributed by atoms with Crippen LogP contribution >= 0.6 is 0 Å². The molecule has 0 aliphatic rings. The van der Waals surface area contributed by atoms with Gasteiger partial charge in [-0.2, -0.15) is 0 Å². The van der Waals surface area contributed by atoms with Gasteiger partial charge in [0.2, 0.25) is 0 Å². The molecule has 13 aromatic rings. The van der Waals surface area contributed by atoms with Crippen LogP contribution in [0.1, 0.15) is 5.56 Å². The Morgan fingerprint density at radius 1 is 0.359 bits per heavy atom. The fraction of sp³-hybridized carbons (Fsp3) is 0. The Kier molecular flexibility index (Phi) is 8.23. The molecule has 13 rings (SSSR count). The predicted octanol–water partition coefficient (Wildman–Crippen LogP) is 14.3. The van der Waals surface area contributed by atoms with Crippen LogP contribution in [0.3, 0.4) is 0 Å². The number of para-hydroxylation sites is 2. The molecule has 0 aliphatic heterocycles. The van der Waals surface area contributed by atoms with E-state index in [0.717, 1.165) is 27.8 Å². The molecule has 0 amide bonds. The van der Waals surface area contributed by atoms with Gasteiger partial charge < -0.3 is 0 Å². The Morgan fingerprint density at radius 2 is 0.812 bits per heavy atom. The van der Waals surface area contributed by atoms with Gasteiger partial charge in [0, 0.05) is 0 Å². The number of aromatic nitrogens is 4. The van der Waals surface area contributed by atoms with Crippen molar-refractivity contribution in [2.75, 3.05) is 0 Å². The molecule has 0 radical (unpaired) electrons. The third-order valence-electron chi connectivity index (χ3n) is 12.6. The van der Waals surface area contributed by atoms with E-state index in [2.05, 4.69) is 138 Å². The van der Waals surface area contributed by atoms with Crippen molar-refractivity contribution >= 4 is 71.9 Å². The first-order chi connectivity index (χ1) is 31.7. The molecule has 0 fully saturated rings. The van der Waals surface area contributed by atoms with Crippen LogP contribution < -0.4 is 0 Å². The Labute approximate surface area is 373 Å². The summed E-state index contributed by atoms with van der Waals surface area (Å²) in [6.45, 7) is 0. The maximum absolute atomic E-state index is 10.4. The summed E-state index contributed by atoms with van der Waals surface area (Å²) >= 11 is -0.0127. The van der Waals surface area contributed by atoms with E-state index < -0.39 is 0 Å².